The van der Waals surface area contributed by atoms with Gasteiger partial charge in [0.2, 0.25) is 5.76 Å². The van der Waals surface area contributed by atoms with Gasteiger partial charge in [0.05, 0.1) is 43.9 Å². The van der Waals surface area contributed by atoms with Crippen LogP contribution in [0.5, 0.6) is 11.5 Å². The summed E-state index contributed by atoms with van der Waals surface area (Å²) in [6.45, 7) is 6.60. The molecule has 2 aliphatic heterocycles. The van der Waals surface area contributed by atoms with Gasteiger partial charge in [0.25, 0.3) is 5.91 Å². The number of carbonyl (C=O) groups is 1. The molecule has 0 radical (unpaired) electrons. The van der Waals surface area contributed by atoms with Crippen LogP contribution >= 0.6 is 0 Å². The lowest BCUT2D eigenvalue weighted by Crippen LogP contribution is -2.42. The third kappa shape index (κ3) is 4.03. The second-order valence-corrected chi connectivity index (χ2v) is 8.40. The Morgan fingerprint density at radius 2 is 1.85 bits per heavy atom. The van der Waals surface area contributed by atoms with Crippen molar-refractivity contribution in [3.63, 3.8) is 0 Å². The second-order valence-electron chi connectivity index (χ2n) is 8.40. The average molecular weight is 465 g/mol. The highest BCUT2D eigenvalue weighted by Crippen LogP contribution is 2.39. The van der Waals surface area contributed by atoms with E-state index in [4.69, 9.17) is 18.6 Å². The number of methoxy groups -OCH3 is 1. The number of ether oxygens (including phenoxy) is 3. The number of hydrogen-bond acceptors (Lipinski definition) is 7. The van der Waals surface area contributed by atoms with Gasteiger partial charge in [-0.25, -0.2) is 0 Å². The molecule has 1 fully saturated rings. The van der Waals surface area contributed by atoms with Crippen molar-refractivity contribution < 1.29 is 23.4 Å². The van der Waals surface area contributed by atoms with Gasteiger partial charge in [0.1, 0.15) is 17.1 Å². The molecule has 1 aromatic heterocycles. The molecular weight excluding hydrogens is 436 g/mol. The minimum atomic E-state index is -0.549. The SMILES string of the molecule is CCOc1cccc(C2c3c(oc4cc(OC)ccc4c3=O)C(=O)N2CCN2CCOCC2)c1. The first-order valence-electron chi connectivity index (χ1n) is 11.6. The number of fused-ring (bicyclic) bond motifs is 2. The van der Waals surface area contributed by atoms with Gasteiger partial charge in [-0.1, -0.05) is 12.1 Å². The largest absolute Gasteiger partial charge is 0.497 e. The Hall–Kier alpha value is -3.36. The summed E-state index contributed by atoms with van der Waals surface area (Å²) in [5.74, 6) is 1.08. The van der Waals surface area contributed by atoms with Crippen molar-refractivity contribution in [2.45, 2.75) is 13.0 Å². The molecule has 0 N–H and O–H groups in total. The van der Waals surface area contributed by atoms with Crippen LogP contribution in [0.1, 0.15) is 34.6 Å². The van der Waals surface area contributed by atoms with E-state index in [1.165, 1.54) is 0 Å². The van der Waals surface area contributed by atoms with Crippen LogP contribution in [0, 0.1) is 0 Å². The van der Waals surface area contributed by atoms with Crippen molar-refractivity contribution in [2.75, 3.05) is 53.1 Å². The zero-order chi connectivity index (χ0) is 23.7. The first-order valence-corrected chi connectivity index (χ1v) is 11.6. The highest BCUT2D eigenvalue weighted by Gasteiger charge is 2.42. The average Bonchev–Trinajstić information content (AvgIpc) is 3.15. The number of hydrogen-bond donors (Lipinski definition) is 0. The monoisotopic (exact) mass is 464 g/mol. The van der Waals surface area contributed by atoms with Crippen LogP contribution in [0.15, 0.2) is 51.7 Å². The van der Waals surface area contributed by atoms with Crippen molar-refractivity contribution in [2.24, 2.45) is 0 Å². The molecule has 34 heavy (non-hydrogen) atoms. The van der Waals surface area contributed by atoms with E-state index in [0.717, 1.165) is 18.7 Å². The predicted molar refractivity (Wildman–Crippen MR) is 127 cm³/mol. The molecule has 3 heterocycles. The van der Waals surface area contributed by atoms with Crippen LogP contribution in [0.2, 0.25) is 0 Å². The van der Waals surface area contributed by atoms with Gasteiger partial charge >= 0.3 is 0 Å². The minimum Gasteiger partial charge on any atom is -0.497 e. The van der Waals surface area contributed by atoms with E-state index in [0.29, 0.717) is 60.9 Å². The molecule has 3 aromatic rings. The summed E-state index contributed by atoms with van der Waals surface area (Å²) in [6, 6.07) is 12.1. The molecule has 8 nitrogen and oxygen atoms in total. The van der Waals surface area contributed by atoms with Crippen LogP contribution < -0.4 is 14.9 Å². The van der Waals surface area contributed by atoms with Gasteiger partial charge in [0.15, 0.2) is 5.43 Å². The zero-order valence-corrected chi connectivity index (χ0v) is 19.4. The highest BCUT2D eigenvalue weighted by atomic mass is 16.5. The van der Waals surface area contributed by atoms with Crippen LogP contribution in [0.4, 0.5) is 0 Å². The smallest absolute Gasteiger partial charge is 0.290 e. The lowest BCUT2D eigenvalue weighted by molar-refractivity contribution is 0.0314. The maximum absolute atomic E-state index is 13.7. The fraction of sp³-hybridized carbons (Fsp3) is 0.385. The number of morpholine rings is 1. The molecule has 1 atom stereocenters. The third-order valence-electron chi connectivity index (χ3n) is 6.42. The van der Waals surface area contributed by atoms with E-state index in [9.17, 15) is 9.59 Å². The van der Waals surface area contributed by atoms with E-state index in [1.807, 2.05) is 31.2 Å². The van der Waals surface area contributed by atoms with Crippen LogP contribution in [0.25, 0.3) is 11.0 Å². The molecule has 1 amide bonds. The quantitative estimate of drug-likeness (QED) is 0.532. The van der Waals surface area contributed by atoms with Gasteiger partial charge < -0.3 is 23.5 Å². The van der Waals surface area contributed by atoms with E-state index in [2.05, 4.69) is 4.90 Å². The van der Waals surface area contributed by atoms with E-state index < -0.39 is 6.04 Å². The van der Waals surface area contributed by atoms with E-state index in [-0.39, 0.29) is 17.1 Å². The Labute approximate surface area is 197 Å². The molecule has 5 rings (SSSR count). The van der Waals surface area contributed by atoms with Gasteiger partial charge in [-0.05, 0) is 36.8 Å². The standard InChI is InChI=1S/C26H28N2O6/c1-3-33-19-6-4-5-17(15-19)23-22-24(29)20-8-7-18(31-2)16-21(20)34-25(22)26(30)28(23)10-9-27-11-13-32-14-12-27/h4-8,15-16,23H,3,9-14H2,1-2H3. The van der Waals surface area contributed by atoms with E-state index >= 15 is 0 Å². The Morgan fingerprint density at radius 1 is 1.03 bits per heavy atom. The fourth-order valence-corrected chi connectivity index (χ4v) is 4.72. The molecular formula is C26H28N2O6. The Balaban J connectivity index is 1.60. The molecule has 2 aromatic carbocycles. The summed E-state index contributed by atoms with van der Waals surface area (Å²) in [5, 5.41) is 0.424. The van der Waals surface area contributed by atoms with Gasteiger partial charge in [-0.15, -0.1) is 0 Å². The summed E-state index contributed by atoms with van der Waals surface area (Å²) in [4.78, 5) is 31.3. The number of amides is 1. The molecule has 0 spiro atoms. The lowest BCUT2D eigenvalue weighted by Gasteiger charge is -2.31. The van der Waals surface area contributed by atoms with Gasteiger partial charge in [-0.3, -0.25) is 14.5 Å². The third-order valence-corrected chi connectivity index (χ3v) is 6.42. The Bertz CT molecular complexity index is 1260. The molecule has 0 aliphatic carbocycles. The number of benzene rings is 2. The van der Waals surface area contributed by atoms with Crippen LogP contribution in [0.3, 0.4) is 0 Å². The zero-order valence-electron chi connectivity index (χ0n) is 19.4. The van der Waals surface area contributed by atoms with Crippen molar-refractivity contribution in [3.8, 4) is 11.5 Å². The minimum absolute atomic E-state index is 0.0968. The first-order chi connectivity index (χ1) is 16.6. The first kappa shape index (κ1) is 22.4. The van der Waals surface area contributed by atoms with Gasteiger partial charge in [-0.2, -0.15) is 0 Å². The predicted octanol–water partition coefficient (Wildman–Crippen LogP) is 3.08. The molecule has 178 valence electrons. The number of carbonyl (C=O) groups excluding carboxylic acids is 1. The highest BCUT2D eigenvalue weighted by molar-refractivity contribution is 5.99. The summed E-state index contributed by atoms with van der Waals surface area (Å²) in [7, 11) is 1.55. The van der Waals surface area contributed by atoms with Crippen molar-refractivity contribution in [1.29, 1.82) is 0 Å². The van der Waals surface area contributed by atoms with Crippen LogP contribution in [-0.4, -0.2) is 68.8 Å². The Kier molecular flexibility index (Phi) is 6.26. The maximum Gasteiger partial charge on any atom is 0.290 e. The van der Waals surface area contributed by atoms with Crippen LogP contribution in [-0.2, 0) is 4.74 Å². The fourth-order valence-electron chi connectivity index (χ4n) is 4.72. The summed E-state index contributed by atoms with van der Waals surface area (Å²) >= 11 is 0. The van der Waals surface area contributed by atoms with Crippen molar-refractivity contribution >= 4 is 16.9 Å². The number of nitrogens with zero attached hydrogens (tertiary/aromatic N) is 2. The second kappa shape index (κ2) is 9.48. The lowest BCUT2D eigenvalue weighted by atomic mass is 9.98. The number of rotatable bonds is 7. The molecule has 8 heteroatoms. The normalized spacial score (nSPS) is 18.4. The molecule has 0 bridgehead atoms. The summed E-state index contributed by atoms with van der Waals surface area (Å²) in [6.07, 6.45) is 0. The molecule has 0 saturated carbocycles. The maximum atomic E-state index is 13.7. The van der Waals surface area contributed by atoms with Crippen molar-refractivity contribution in [3.05, 3.63) is 69.6 Å². The summed E-state index contributed by atoms with van der Waals surface area (Å²) < 4.78 is 22.5. The van der Waals surface area contributed by atoms with Crippen molar-refractivity contribution in [1.82, 2.24) is 9.80 Å². The topological polar surface area (TPSA) is 81.5 Å². The molecule has 1 saturated heterocycles. The van der Waals surface area contributed by atoms with E-state index in [1.54, 1.807) is 30.2 Å². The summed E-state index contributed by atoms with van der Waals surface area (Å²) in [5.41, 5.74) is 1.33. The Morgan fingerprint density at radius 3 is 2.62 bits per heavy atom. The molecule has 1 unspecified atom stereocenters. The molecule has 2 aliphatic rings. The van der Waals surface area contributed by atoms with Gasteiger partial charge in [0, 0.05) is 32.2 Å².